The second-order valence-corrected chi connectivity index (χ2v) is 5.62. The molecule has 3 rings (SSSR count). The Morgan fingerprint density at radius 3 is 2.74 bits per heavy atom. The van der Waals surface area contributed by atoms with Crippen LogP contribution in [0.2, 0.25) is 0 Å². The van der Waals surface area contributed by atoms with Crippen molar-refractivity contribution in [3.63, 3.8) is 0 Å². The Balaban J connectivity index is 1.81. The Morgan fingerprint density at radius 2 is 2.09 bits per heavy atom. The molecule has 23 heavy (non-hydrogen) atoms. The summed E-state index contributed by atoms with van der Waals surface area (Å²) in [4.78, 5) is 23.4. The number of carbonyl (C=O) groups is 2. The molecule has 0 fully saturated rings. The van der Waals surface area contributed by atoms with Crippen LogP contribution in [0.4, 0.5) is 10.6 Å². The molecule has 0 unspecified atom stereocenters. The molecule has 0 atom stereocenters. The molecule has 2 aromatic heterocycles. The second kappa shape index (κ2) is 6.07. The van der Waals surface area contributed by atoms with Crippen LogP contribution >= 0.6 is 11.3 Å². The average Bonchev–Trinajstić information content (AvgIpc) is 3.08. The first-order valence-corrected chi connectivity index (χ1v) is 7.37. The largest absolute Gasteiger partial charge is 0.512 e. The number of nitrogens with one attached hydrogen (secondary N) is 2. The van der Waals surface area contributed by atoms with Gasteiger partial charge in [-0.15, -0.1) is 0 Å². The molecule has 0 spiro atoms. The monoisotopic (exact) mass is 332 g/mol. The fourth-order valence-corrected chi connectivity index (χ4v) is 2.85. The van der Waals surface area contributed by atoms with Crippen molar-refractivity contribution in [1.82, 2.24) is 10.2 Å². The molecule has 0 radical (unpaired) electrons. The van der Waals surface area contributed by atoms with E-state index in [1.807, 2.05) is 0 Å². The molecule has 9 heteroatoms. The van der Waals surface area contributed by atoms with Crippen LogP contribution in [-0.4, -0.2) is 27.4 Å². The van der Waals surface area contributed by atoms with E-state index < -0.39 is 6.16 Å². The van der Waals surface area contributed by atoms with Gasteiger partial charge in [-0.25, -0.2) is 4.79 Å². The highest BCUT2D eigenvalue weighted by atomic mass is 32.1. The first kappa shape index (κ1) is 15.0. The Bertz CT molecular complexity index is 869. The molecule has 0 bridgehead atoms. The van der Waals surface area contributed by atoms with Gasteiger partial charge in [0, 0.05) is 18.2 Å². The lowest BCUT2D eigenvalue weighted by atomic mass is 10.1. The Hall–Kier alpha value is -2.91. The molecule has 2 heterocycles. The maximum Gasteiger partial charge on any atom is 0.512 e. The van der Waals surface area contributed by atoms with Gasteiger partial charge in [0.25, 0.3) is 5.91 Å². The van der Waals surface area contributed by atoms with E-state index in [1.165, 1.54) is 6.07 Å². The van der Waals surface area contributed by atoms with Gasteiger partial charge in [-0.2, -0.15) is 5.10 Å². The number of anilines is 1. The minimum Gasteiger partial charge on any atom is -0.449 e. The van der Waals surface area contributed by atoms with Crippen molar-refractivity contribution >= 4 is 39.4 Å². The molecule has 8 nitrogen and oxygen atoms in total. The maximum absolute atomic E-state index is 12.2. The minimum atomic E-state index is -1.40. The lowest BCUT2D eigenvalue weighted by Crippen LogP contribution is -2.12. The van der Waals surface area contributed by atoms with Crippen molar-refractivity contribution in [3.8, 4) is 5.06 Å². The molecule has 0 aliphatic carbocycles. The number of carboxylic acid groups (broad SMARTS) is 1. The minimum absolute atomic E-state index is 0.198. The first-order chi connectivity index (χ1) is 11.1. The smallest absolute Gasteiger partial charge is 0.449 e. The summed E-state index contributed by atoms with van der Waals surface area (Å²) in [5.74, 6) is -0.0155. The number of benzene rings is 1. The summed E-state index contributed by atoms with van der Waals surface area (Å²) in [6.45, 7) is 0.406. The summed E-state index contributed by atoms with van der Waals surface area (Å²) >= 11 is 1.09. The number of aromatic amines is 1. The van der Waals surface area contributed by atoms with Gasteiger partial charge in [-0.3, -0.25) is 9.89 Å². The number of thiophene rings is 1. The van der Waals surface area contributed by atoms with Gasteiger partial charge >= 0.3 is 6.16 Å². The standard InChI is InChI=1S/C14H12N4O4S/c15-6-7-1-3-8(4-2-7)12(19)16-11-9-5-10(22-14(20)21)23-13(9)18-17-11/h1-5H,6,15H2,(H,20,21)(H2,16,17,18,19). The number of hydrogen-bond donors (Lipinski definition) is 4. The summed E-state index contributed by atoms with van der Waals surface area (Å²) < 4.78 is 4.59. The van der Waals surface area contributed by atoms with Gasteiger partial charge in [0.1, 0.15) is 4.83 Å². The molecular formula is C14H12N4O4S. The predicted molar refractivity (Wildman–Crippen MR) is 84.9 cm³/mol. The number of amides is 1. The number of hydrogen-bond acceptors (Lipinski definition) is 6. The highest BCUT2D eigenvalue weighted by Crippen LogP contribution is 2.34. The number of H-pyrrole nitrogens is 1. The quantitative estimate of drug-likeness (QED) is 0.543. The summed E-state index contributed by atoms with van der Waals surface area (Å²) in [5, 5.41) is 18.8. The van der Waals surface area contributed by atoms with E-state index >= 15 is 0 Å². The lowest BCUT2D eigenvalue weighted by molar-refractivity contribution is 0.102. The van der Waals surface area contributed by atoms with Crippen LogP contribution in [0, 0.1) is 0 Å². The van der Waals surface area contributed by atoms with Crippen molar-refractivity contribution < 1.29 is 19.4 Å². The van der Waals surface area contributed by atoms with Gasteiger partial charge in [-0.05, 0) is 17.7 Å². The zero-order valence-corrected chi connectivity index (χ0v) is 12.5. The van der Waals surface area contributed by atoms with E-state index in [1.54, 1.807) is 24.3 Å². The van der Waals surface area contributed by atoms with Gasteiger partial charge in [0.2, 0.25) is 0 Å². The topological polar surface area (TPSA) is 130 Å². The van der Waals surface area contributed by atoms with Crippen molar-refractivity contribution in [1.29, 1.82) is 0 Å². The maximum atomic E-state index is 12.2. The van der Waals surface area contributed by atoms with E-state index in [2.05, 4.69) is 20.3 Å². The van der Waals surface area contributed by atoms with Crippen molar-refractivity contribution in [2.45, 2.75) is 6.54 Å². The van der Waals surface area contributed by atoms with Gasteiger partial charge in [0.05, 0.1) is 5.39 Å². The highest BCUT2D eigenvalue weighted by molar-refractivity contribution is 7.20. The number of nitrogens with zero attached hydrogens (tertiary/aromatic N) is 1. The fraction of sp³-hybridized carbons (Fsp3) is 0.0714. The van der Waals surface area contributed by atoms with Crippen molar-refractivity contribution in [2.75, 3.05) is 5.32 Å². The third-order valence-electron chi connectivity index (χ3n) is 3.11. The highest BCUT2D eigenvalue weighted by Gasteiger charge is 2.15. The van der Waals surface area contributed by atoms with E-state index in [9.17, 15) is 9.59 Å². The normalized spacial score (nSPS) is 10.7. The van der Waals surface area contributed by atoms with Crippen LogP contribution in [-0.2, 0) is 6.54 Å². The lowest BCUT2D eigenvalue weighted by Gasteiger charge is -2.03. The number of ether oxygens (including phenoxy) is 1. The molecular weight excluding hydrogens is 320 g/mol. The van der Waals surface area contributed by atoms with Gasteiger partial charge < -0.3 is 20.9 Å². The van der Waals surface area contributed by atoms with E-state index in [0.717, 1.165) is 16.9 Å². The first-order valence-electron chi connectivity index (χ1n) is 6.56. The van der Waals surface area contributed by atoms with E-state index in [4.69, 9.17) is 10.8 Å². The molecule has 0 saturated carbocycles. The van der Waals surface area contributed by atoms with Crippen molar-refractivity contribution in [2.24, 2.45) is 5.73 Å². The summed E-state index contributed by atoms with van der Waals surface area (Å²) in [7, 11) is 0. The molecule has 1 aromatic carbocycles. The average molecular weight is 332 g/mol. The number of nitrogens with two attached hydrogens (primary N) is 1. The van der Waals surface area contributed by atoms with Crippen LogP contribution in [0.3, 0.4) is 0 Å². The zero-order valence-electron chi connectivity index (χ0n) is 11.7. The number of fused-ring (bicyclic) bond motifs is 1. The second-order valence-electron chi connectivity index (χ2n) is 4.60. The summed E-state index contributed by atoms with van der Waals surface area (Å²) in [6, 6.07) is 8.41. The molecule has 3 aromatic rings. The molecule has 0 aliphatic rings. The number of carbonyl (C=O) groups excluding carboxylic acids is 1. The number of aromatic nitrogens is 2. The zero-order chi connectivity index (χ0) is 16.4. The summed E-state index contributed by atoms with van der Waals surface area (Å²) in [5.41, 5.74) is 6.91. The molecule has 5 N–H and O–H groups in total. The number of rotatable bonds is 4. The van der Waals surface area contributed by atoms with Crippen LogP contribution in [0.25, 0.3) is 10.2 Å². The molecule has 1 amide bonds. The van der Waals surface area contributed by atoms with E-state index in [-0.39, 0.29) is 11.0 Å². The van der Waals surface area contributed by atoms with E-state index in [0.29, 0.717) is 28.1 Å². The Labute approximate surface area is 133 Å². The van der Waals surface area contributed by atoms with Crippen LogP contribution in [0.1, 0.15) is 15.9 Å². The molecule has 0 saturated heterocycles. The third-order valence-corrected chi connectivity index (χ3v) is 4.02. The van der Waals surface area contributed by atoms with Crippen LogP contribution in [0.15, 0.2) is 30.3 Å². The Morgan fingerprint density at radius 1 is 1.35 bits per heavy atom. The van der Waals surface area contributed by atoms with Gasteiger partial charge in [-0.1, -0.05) is 23.5 Å². The molecule has 0 aliphatic heterocycles. The Kier molecular flexibility index (Phi) is 3.96. The van der Waals surface area contributed by atoms with Crippen molar-refractivity contribution in [3.05, 3.63) is 41.5 Å². The third kappa shape index (κ3) is 3.15. The molecule has 118 valence electrons. The van der Waals surface area contributed by atoms with Gasteiger partial charge in [0.15, 0.2) is 10.9 Å². The van der Waals surface area contributed by atoms with Crippen LogP contribution in [0.5, 0.6) is 5.06 Å². The summed E-state index contributed by atoms with van der Waals surface area (Å²) in [6.07, 6.45) is -1.40. The SMILES string of the molecule is NCc1ccc(C(=O)Nc2n[nH]c3sc(OC(=O)O)cc23)cc1. The van der Waals surface area contributed by atoms with Crippen LogP contribution < -0.4 is 15.8 Å². The fourth-order valence-electron chi connectivity index (χ4n) is 2.00. The predicted octanol–water partition coefficient (Wildman–Crippen LogP) is 2.39.